The first-order chi connectivity index (χ1) is 8.58. The van der Waals surface area contributed by atoms with Crippen LogP contribution < -0.4 is 5.32 Å². The van der Waals surface area contributed by atoms with E-state index < -0.39 is 11.9 Å². The maximum absolute atomic E-state index is 11.7. The Morgan fingerprint density at radius 3 is 2.72 bits per heavy atom. The number of aromatic hydroxyl groups is 1. The van der Waals surface area contributed by atoms with E-state index in [9.17, 15) is 14.7 Å². The van der Waals surface area contributed by atoms with Crippen LogP contribution in [0.2, 0.25) is 0 Å². The monoisotopic (exact) mass is 264 g/mol. The third kappa shape index (κ3) is 2.46. The number of carbonyl (C=O) groups excluding carboxylic acids is 1. The van der Waals surface area contributed by atoms with Crippen LogP contribution in [0, 0.1) is 0 Å². The van der Waals surface area contributed by atoms with Crippen molar-refractivity contribution < 1.29 is 19.8 Å². The van der Waals surface area contributed by atoms with Crippen molar-refractivity contribution in [2.75, 3.05) is 5.32 Å². The van der Waals surface area contributed by atoms with Crippen LogP contribution in [0.15, 0.2) is 29.1 Å². The van der Waals surface area contributed by atoms with Gasteiger partial charge in [-0.25, -0.2) is 9.78 Å². The zero-order valence-electron chi connectivity index (χ0n) is 8.95. The molecule has 0 aliphatic carbocycles. The smallest absolute Gasteiger partial charge is 0.339 e. The minimum atomic E-state index is -1.27. The maximum atomic E-state index is 11.7. The highest BCUT2D eigenvalue weighted by molar-refractivity contribution is 7.07. The molecule has 7 heteroatoms. The summed E-state index contributed by atoms with van der Waals surface area (Å²) in [5.74, 6) is -2.05. The summed E-state index contributed by atoms with van der Waals surface area (Å²) in [4.78, 5) is 26.3. The van der Waals surface area contributed by atoms with E-state index in [0.29, 0.717) is 0 Å². The molecule has 1 aromatic heterocycles. The number of nitrogens with one attached hydrogen (secondary N) is 1. The van der Waals surface area contributed by atoms with Gasteiger partial charge in [0.05, 0.1) is 5.51 Å². The van der Waals surface area contributed by atoms with Crippen molar-refractivity contribution in [1.29, 1.82) is 0 Å². The van der Waals surface area contributed by atoms with Crippen molar-refractivity contribution in [2.45, 2.75) is 0 Å². The molecule has 1 heterocycles. The van der Waals surface area contributed by atoms with Crippen molar-refractivity contribution in [3.63, 3.8) is 0 Å². The van der Waals surface area contributed by atoms with E-state index in [2.05, 4.69) is 10.3 Å². The molecular weight excluding hydrogens is 256 g/mol. The highest BCUT2D eigenvalue weighted by Crippen LogP contribution is 2.21. The van der Waals surface area contributed by atoms with Gasteiger partial charge in [-0.3, -0.25) is 4.79 Å². The van der Waals surface area contributed by atoms with Crippen LogP contribution in [-0.4, -0.2) is 27.1 Å². The van der Waals surface area contributed by atoms with Crippen molar-refractivity contribution in [3.05, 3.63) is 40.3 Å². The molecule has 6 nitrogen and oxygen atoms in total. The van der Waals surface area contributed by atoms with Crippen LogP contribution in [0.3, 0.4) is 0 Å². The third-order valence-electron chi connectivity index (χ3n) is 2.15. The summed E-state index contributed by atoms with van der Waals surface area (Å²) >= 11 is 1.28. The van der Waals surface area contributed by atoms with E-state index in [-0.39, 0.29) is 22.7 Å². The van der Waals surface area contributed by atoms with Gasteiger partial charge in [-0.15, -0.1) is 11.3 Å². The lowest BCUT2D eigenvalue weighted by molar-refractivity contribution is 0.0693. The van der Waals surface area contributed by atoms with Crippen LogP contribution in [-0.2, 0) is 0 Å². The van der Waals surface area contributed by atoms with Crippen molar-refractivity contribution in [3.8, 4) is 5.75 Å². The molecule has 0 aliphatic heterocycles. The second-order valence-corrected chi connectivity index (χ2v) is 4.08. The minimum absolute atomic E-state index is 0.255. The number of aromatic carboxylic acids is 1. The lowest BCUT2D eigenvalue weighted by Crippen LogP contribution is -2.12. The lowest BCUT2D eigenvalue weighted by atomic mass is 10.2. The summed E-state index contributed by atoms with van der Waals surface area (Å²) < 4.78 is 0. The van der Waals surface area contributed by atoms with Crippen LogP contribution in [0.4, 0.5) is 5.69 Å². The highest BCUT2D eigenvalue weighted by Gasteiger charge is 2.13. The number of aromatic nitrogens is 1. The summed E-state index contributed by atoms with van der Waals surface area (Å²) in [5.41, 5.74) is 1.79. The molecule has 2 rings (SSSR count). The summed E-state index contributed by atoms with van der Waals surface area (Å²) in [6.45, 7) is 0. The fraction of sp³-hybridized carbons (Fsp3) is 0. The largest absolute Gasteiger partial charge is 0.507 e. The van der Waals surface area contributed by atoms with Gasteiger partial charge < -0.3 is 15.5 Å². The van der Waals surface area contributed by atoms with E-state index in [1.807, 2.05) is 0 Å². The number of carboxylic acid groups (broad SMARTS) is 1. The Balaban J connectivity index is 2.22. The number of phenols is 1. The SMILES string of the molecule is O=C(Nc1ccc(O)c(C(=O)O)c1)c1cscn1. The zero-order valence-corrected chi connectivity index (χ0v) is 9.77. The first-order valence-corrected chi connectivity index (χ1v) is 5.78. The Kier molecular flexibility index (Phi) is 3.24. The molecule has 0 fully saturated rings. The fourth-order valence-corrected chi connectivity index (χ4v) is 1.84. The number of carboxylic acids is 1. The van der Waals surface area contributed by atoms with Crippen LogP contribution in [0.5, 0.6) is 5.75 Å². The number of benzene rings is 1. The van der Waals surface area contributed by atoms with E-state index >= 15 is 0 Å². The van der Waals surface area contributed by atoms with Gasteiger partial charge in [0.25, 0.3) is 5.91 Å². The standard InChI is InChI=1S/C11H8N2O4S/c14-9-2-1-6(3-7(9)11(16)17)13-10(15)8-4-18-5-12-8/h1-5,14H,(H,13,15)(H,16,17). The summed E-state index contributed by atoms with van der Waals surface area (Å²) in [5, 5.41) is 22.2. The Bertz CT molecular complexity index is 595. The van der Waals surface area contributed by atoms with Gasteiger partial charge in [0.15, 0.2) is 0 Å². The van der Waals surface area contributed by atoms with Crippen LogP contribution >= 0.6 is 11.3 Å². The average Bonchev–Trinajstić information content (AvgIpc) is 2.85. The number of carbonyl (C=O) groups is 2. The van der Waals surface area contributed by atoms with E-state index in [0.717, 1.165) is 0 Å². The quantitative estimate of drug-likeness (QED) is 0.734. The molecule has 3 N–H and O–H groups in total. The Morgan fingerprint density at radius 1 is 1.33 bits per heavy atom. The molecular formula is C11H8N2O4S. The predicted octanol–water partition coefficient (Wildman–Crippen LogP) is 1.80. The Labute approximate surface area is 106 Å². The molecule has 0 aliphatic rings. The van der Waals surface area contributed by atoms with Crippen LogP contribution in [0.25, 0.3) is 0 Å². The van der Waals surface area contributed by atoms with Crippen molar-refractivity contribution in [2.24, 2.45) is 0 Å². The molecule has 0 unspecified atom stereocenters. The van der Waals surface area contributed by atoms with Gasteiger partial charge in [-0.1, -0.05) is 0 Å². The lowest BCUT2D eigenvalue weighted by Gasteiger charge is -2.05. The van der Waals surface area contributed by atoms with Crippen molar-refractivity contribution in [1.82, 2.24) is 4.98 Å². The molecule has 0 bridgehead atoms. The molecule has 18 heavy (non-hydrogen) atoms. The maximum Gasteiger partial charge on any atom is 0.339 e. The van der Waals surface area contributed by atoms with Gasteiger partial charge in [-0.05, 0) is 18.2 Å². The summed E-state index contributed by atoms with van der Waals surface area (Å²) in [6.07, 6.45) is 0. The van der Waals surface area contributed by atoms with Gasteiger partial charge >= 0.3 is 5.97 Å². The first kappa shape index (κ1) is 12.1. The second-order valence-electron chi connectivity index (χ2n) is 3.36. The molecule has 0 radical (unpaired) electrons. The number of amides is 1. The molecule has 2 aromatic rings. The Hall–Kier alpha value is -2.41. The third-order valence-corrected chi connectivity index (χ3v) is 2.74. The number of hydrogen-bond donors (Lipinski definition) is 3. The number of nitrogens with zero attached hydrogens (tertiary/aromatic N) is 1. The minimum Gasteiger partial charge on any atom is -0.507 e. The number of thiazole rings is 1. The average molecular weight is 264 g/mol. The molecule has 1 amide bonds. The van der Waals surface area contributed by atoms with Gasteiger partial charge in [-0.2, -0.15) is 0 Å². The molecule has 0 saturated carbocycles. The van der Waals surface area contributed by atoms with E-state index in [1.165, 1.54) is 35.0 Å². The molecule has 92 valence electrons. The zero-order chi connectivity index (χ0) is 13.1. The van der Waals surface area contributed by atoms with Crippen LogP contribution in [0.1, 0.15) is 20.8 Å². The van der Waals surface area contributed by atoms with Gasteiger partial charge in [0.2, 0.25) is 0 Å². The van der Waals surface area contributed by atoms with E-state index in [1.54, 1.807) is 5.38 Å². The topological polar surface area (TPSA) is 99.5 Å². The predicted molar refractivity (Wildman–Crippen MR) is 65.1 cm³/mol. The second kappa shape index (κ2) is 4.84. The van der Waals surface area contributed by atoms with E-state index in [4.69, 9.17) is 5.11 Å². The van der Waals surface area contributed by atoms with Gasteiger partial charge in [0, 0.05) is 11.1 Å². The molecule has 0 saturated heterocycles. The molecule has 1 aromatic carbocycles. The van der Waals surface area contributed by atoms with Gasteiger partial charge in [0.1, 0.15) is 17.0 Å². The molecule has 0 spiro atoms. The highest BCUT2D eigenvalue weighted by atomic mass is 32.1. The summed E-state index contributed by atoms with van der Waals surface area (Å²) in [6, 6.07) is 3.80. The van der Waals surface area contributed by atoms with Crippen molar-refractivity contribution >= 4 is 28.9 Å². The summed E-state index contributed by atoms with van der Waals surface area (Å²) in [7, 11) is 0. The number of anilines is 1. The Morgan fingerprint density at radius 2 is 2.11 bits per heavy atom. The normalized spacial score (nSPS) is 10.0. The first-order valence-electron chi connectivity index (χ1n) is 4.84. The fourth-order valence-electron chi connectivity index (χ4n) is 1.30. The number of hydrogen-bond acceptors (Lipinski definition) is 5. The molecule has 0 atom stereocenters. The number of rotatable bonds is 3.